The summed E-state index contributed by atoms with van der Waals surface area (Å²) >= 11 is 0. The predicted molar refractivity (Wildman–Crippen MR) is 118 cm³/mol. The lowest BCUT2D eigenvalue weighted by Gasteiger charge is -2.22. The van der Waals surface area contributed by atoms with E-state index in [1.165, 1.54) is 0 Å². The highest BCUT2D eigenvalue weighted by Gasteiger charge is 2.22. The summed E-state index contributed by atoms with van der Waals surface area (Å²) in [6.45, 7) is 5.42. The van der Waals surface area contributed by atoms with Crippen LogP contribution in [0.15, 0.2) is 66.7 Å². The van der Waals surface area contributed by atoms with Crippen molar-refractivity contribution >= 4 is 23.2 Å². The van der Waals surface area contributed by atoms with Gasteiger partial charge in [0.2, 0.25) is 0 Å². The molecule has 152 valence electrons. The third-order valence-electron chi connectivity index (χ3n) is 5.48. The molecule has 1 aliphatic rings. The average molecular weight is 400 g/mol. The van der Waals surface area contributed by atoms with Crippen LogP contribution in [-0.4, -0.2) is 25.0 Å². The molecule has 0 aromatic heterocycles. The Labute approximate surface area is 176 Å². The van der Waals surface area contributed by atoms with Crippen LogP contribution < -0.4 is 10.2 Å². The number of amides is 2. The minimum atomic E-state index is -0.158. The maximum absolute atomic E-state index is 13.1. The summed E-state index contributed by atoms with van der Waals surface area (Å²) in [5.41, 5.74) is 5.78. The standard InChI is InChI=1S/C25H24N2O3/c1-17-6-5-8-22(18(17)2)24(28)26-21-12-10-19(11-13-21)25(29)27-14-15-30-16-20-7-3-4-9-23(20)27/h3-13H,14-16H2,1-2H3,(H,26,28). The fraction of sp³-hybridized carbons (Fsp3) is 0.200. The molecule has 30 heavy (non-hydrogen) atoms. The first-order chi connectivity index (χ1) is 14.5. The lowest BCUT2D eigenvalue weighted by molar-refractivity contribution is 0.0965. The van der Waals surface area contributed by atoms with Crippen LogP contribution in [0.2, 0.25) is 0 Å². The number of rotatable bonds is 3. The number of carbonyl (C=O) groups excluding carboxylic acids is 2. The second-order valence-corrected chi connectivity index (χ2v) is 7.42. The van der Waals surface area contributed by atoms with Crippen molar-refractivity contribution < 1.29 is 14.3 Å². The molecule has 0 atom stereocenters. The summed E-state index contributed by atoms with van der Waals surface area (Å²) in [5.74, 6) is -0.241. The highest BCUT2D eigenvalue weighted by Crippen LogP contribution is 2.26. The van der Waals surface area contributed by atoms with Gasteiger partial charge in [-0.3, -0.25) is 9.59 Å². The first kappa shape index (κ1) is 19.9. The van der Waals surface area contributed by atoms with Crippen LogP contribution >= 0.6 is 0 Å². The summed E-state index contributed by atoms with van der Waals surface area (Å²) in [6, 6.07) is 20.5. The summed E-state index contributed by atoms with van der Waals surface area (Å²) in [5, 5.41) is 2.91. The zero-order valence-corrected chi connectivity index (χ0v) is 17.1. The molecule has 5 nitrogen and oxygen atoms in total. The summed E-state index contributed by atoms with van der Waals surface area (Å²) in [4.78, 5) is 27.5. The van der Waals surface area contributed by atoms with Gasteiger partial charge in [-0.2, -0.15) is 0 Å². The molecule has 5 heteroatoms. The first-order valence-corrected chi connectivity index (χ1v) is 10.00. The zero-order chi connectivity index (χ0) is 21.1. The SMILES string of the molecule is Cc1cccc(C(=O)Nc2ccc(C(=O)N3CCOCc4ccccc43)cc2)c1C. The fourth-order valence-electron chi connectivity index (χ4n) is 3.61. The average Bonchev–Trinajstić information content (AvgIpc) is 2.98. The lowest BCUT2D eigenvalue weighted by atomic mass is 10.0. The Kier molecular flexibility index (Phi) is 5.63. The van der Waals surface area contributed by atoms with E-state index in [1.807, 2.05) is 56.3 Å². The van der Waals surface area contributed by atoms with Gasteiger partial charge < -0.3 is 15.0 Å². The molecular weight excluding hydrogens is 376 g/mol. The minimum absolute atomic E-state index is 0.0830. The van der Waals surface area contributed by atoms with E-state index in [4.69, 9.17) is 4.74 Å². The van der Waals surface area contributed by atoms with Crippen molar-refractivity contribution in [2.45, 2.75) is 20.5 Å². The van der Waals surface area contributed by atoms with E-state index in [1.54, 1.807) is 29.2 Å². The number of carbonyl (C=O) groups is 2. The number of fused-ring (bicyclic) bond motifs is 1. The zero-order valence-electron chi connectivity index (χ0n) is 17.1. The Balaban J connectivity index is 1.52. The molecule has 0 saturated heterocycles. The van der Waals surface area contributed by atoms with Gasteiger partial charge in [0.05, 0.1) is 13.2 Å². The van der Waals surface area contributed by atoms with Gasteiger partial charge in [-0.05, 0) is 61.4 Å². The van der Waals surface area contributed by atoms with E-state index < -0.39 is 0 Å². The van der Waals surface area contributed by atoms with Crippen LogP contribution in [0.1, 0.15) is 37.4 Å². The quantitative estimate of drug-likeness (QED) is 0.691. The van der Waals surface area contributed by atoms with E-state index in [0.717, 1.165) is 22.4 Å². The van der Waals surface area contributed by atoms with E-state index >= 15 is 0 Å². The maximum atomic E-state index is 13.1. The normalized spacial score (nSPS) is 13.3. The molecule has 3 aromatic rings. The number of aryl methyl sites for hydroxylation is 1. The van der Waals surface area contributed by atoms with Gasteiger partial charge >= 0.3 is 0 Å². The maximum Gasteiger partial charge on any atom is 0.258 e. The second-order valence-electron chi connectivity index (χ2n) is 7.42. The lowest BCUT2D eigenvalue weighted by Crippen LogP contribution is -2.33. The van der Waals surface area contributed by atoms with Crippen LogP contribution in [0.3, 0.4) is 0 Å². The molecule has 0 saturated carbocycles. The third kappa shape index (κ3) is 3.98. The molecule has 2 amide bonds. The van der Waals surface area contributed by atoms with Gasteiger partial charge in [0.15, 0.2) is 0 Å². The van der Waals surface area contributed by atoms with Crippen LogP contribution in [0.4, 0.5) is 11.4 Å². The van der Waals surface area contributed by atoms with Gasteiger partial charge in [-0.25, -0.2) is 0 Å². The van der Waals surface area contributed by atoms with Crippen molar-refractivity contribution in [3.63, 3.8) is 0 Å². The number of benzene rings is 3. The molecular formula is C25H24N2O3. The van der Waals surface area contributed by atoms with Crippen molar-refractivity contribution in [1.29, 1.82) is 0 Å². The first-order valence-electron chi connectivity index (χ1n) is 10.00. The monoisotopic (exact) mass is 400 g/mol. The Morgan fingerprint density at radius 3 is 2.50 bits per heavy atom. The van der Waals surface area contributed by atoms with Crippen LogP contribution in [0.5, 0.6) is 0 Å². The third-order valence-corrected chi connectivity index (χ3v) is 5.48. The molecule has 0 radical (unpaired) electrons. The number of hydrogen-bond acceptors (Lipinski definition) is 3. The molecule has 0 fully saturated rings. The van der Waals surface area contributed by atoms with Crippen LogP contribution in [-0.2, 0) is 11.3 Å². The van der Waals surface area contributed by atoms with Gasteiger partial charge in [0.1, 0.15) is 0 Å². The molecule has 0 bridgehead atoms. The number of ether oxygens (including phenoxy) is 1. The highest BCUT2D eigenvalue weighted by atomic mass is 16.5. The van der Waals surface area contributed by atoms with Gasteiger partial charge in [-0.1, -0.05) is 30.3 Å². The van der Waals surface area contributed by atoms with Crippen LogP contribution in [0, 0.1) is 13.8 Å². The topological polar surface area (TPSA) is 58.6 Å². The van der Waals surface area contributed by atoms with E-state index in [-0.39, 0.29) is 11.8 Å². The summed E-state index contributed by atoms with van der Waals surface area (Å²) in [7, 11) is 0. The highest BCUT2D eigenvalue weighted by molar-refractivity contribution is 6.08. The predicted octanol–water partition coefficient (Wildman–Crippen LogP) is 4.73. The molecule has 3 aromatic carbocycles. The summed E-state index contributed by atoms with van der Waals surface area (Å²) < 4.78 is 5.62. The molecule has 1 heterocycles. The summed E-state index contributed by atoms with van der Waals surface area (Å²) in [6.07, 6.45) is 0. The smallest absolute Gasteiger partial charge is 0.258 e. The van der Waals surface area contributed by atoms with E-state index in [0.29, 0.717) is 36.6 Å². The van der Waals surface area contributed by atoms with Crippen molar-refractivity contribution in [2.24, 2.45) is 0 Å². The second kappa shape index (κ2) is 8.51. The molecule has 4 rings (SSSR count). The number of hydrogen-bond donors (Lipinski definition) is 1. The van der Waals surface area contributed by atoms with Gasteiger partial charge in [0, 0.05) is 34.6 Å². The molecule has 0 spiro atoms. The Bertz CT molecular complexity index is 1090. The van der Waals surface area contributed by atoms with Gasteiger partial charge in [-0.15, -0.1) is 0 Å². The van der Waals surface area contributed by atoms with E-state index in [2.05, 4.69) is 5.32 Å². The van der Waals surface area contributed by atoms with E-state index in [9.17, 15) is 9.59 Å². The van der Waals surface area contributed by atoms with Crippen molar-refractivity contribution in [3.8, 4) is 0 Å². The molecule has 1 aliphatic heterocycles. The number of anilines is 2. The number of para-hydroxylation sites is 1. The molecule has 1 N–H and O–H groups in total. The Morgan fingerprint density at radius 1 is 0.933 bits per heavy atom. The Hall–Kier alpha value is -3.44. The number of nitrogens with zero attached hydrogens (tertiary/aromatic N) is 1. The minimum Gasteiger partial charge on any atom is -0.375 e. The van der Waals surface area contributed by atoms with Gasteiger partial charge in [0.25, 0.3) is 11.8 Å². The van der Waals surface area contributed by atoms with Crippen molar-refractivity contribution in [2.75, 3.05) is 23.4 Å². The van der Waals surface area contributed by atoms with Crippen LogP contribution in [0.25, 0.3) is 0 Å². The van der Waals surface area contributed by atoms with Crippen molar-refractivity contribution in [3.05, 3.63) is 94.5 Å². The van der Waals surface area contributed by atoms with Crippen molar-refractivity contribution in [1.82, 2.24) is 0 Å². The molecule has 0 unspecified atom stereocenters. The largest absolute Gasteiger partial charge is 0.375 e. The number of nitrogens with one attached hydrogen (secondary N) is 1. The Morgan fingerprint density at radius 2 is 1.70 bits per heavy atom. The molecule has 0 aliphatic carbocycles. The fourth-order valence-corrected chi connectivity index (χ4v) is 3.61.